The summed E-state index contributed by atoms with van der Waals surface area (Å²) in [6, 6.07) is 0. The summed E-state index contributed by atoms with van der Waals surface area (Å²) in [7, 11) is -3.60. The second-order valence-electron chi connectivity index (χ2n) is 4.21. The Labute approximate surface area is 123 Å². The Morgan fingerprint density at radius 3 is 2.89 bits per heavy atom. The SMILES string of the molecule is NS(=O)(=O)CC1CC(=O)N(c2nc(Cl)ncc2Br)C1. The van der Waals surface area contributed by atoms with Gasteiger partial charge < -0.3 is 0 Å². The highest BCUT2D eigenvalue weighted by Crippen LogP contribution is 2.30. The molecule has 0 aliphatic carbocycles. The Bertz CT molecular complexity index is 624. The topological polar surface area (TPSA) is 106 Å². The lowest BCUT2D eigenvalue weighted by Crippen LogP contribution is -2.28. The number of anilines is 1. The summed E-state index contributed by atoms with van der Waals surface area (Å²) >= 11 is 8.92. The van der Waals surface area contributed by atoms with Crippen LogP contribution in [0.5, 0.6) is 0 Å². The highest BCUT2D eigenvalue weighted by Gasteiger charge is 2.34. The Kier molecular flexibility index (Phi) is 4.09. The number of carbonyl (C=O) groups is 1. The van der Waals surface area contributed by atoms with E-state index in [0.717, 1.165) is 0 Å². The summed E-state index contributed by atoms with van der Waals surface area (Å²) in [5, 5.41) is 5.00. The second kappa shape index (κ2) is 5.31. The molecule has 1 aliphatic rings. The van der Waals surface area contributed by atoms with E-state index in [9.17, 15) is 13.2 Å². The first-order chi connectivity index (χ1) is 8.76. The monoisotopic (exact) mass is 368 g/mol. The molecule has 1 aromatic heterocycles. The molecule has 2 heterocycles. The molecule has 7 nitrogen and oxygen atoms in total. The van der Waals surface area contributed by atoms with Crippen molar-refractivity contribution in [1.82, 2.24) is 9.97 Å². The first kappa shape index (κ1) is 14.6. The van der Waals surface area contributed by atoms with E-state index in [-0.39, 0.29) is 35.8 Å². The van der Waals surface area contributed by atoms with Crippen LogP contribution < -0.4 is 10.0 Å². The van der Waals surface area contributed by atoms with Crippen LogP contribution in [0.3, 0.4) is 0 Å². The number of sulfonamides is 1. The predicted octanol–water partition coefficient (Wildman–Crippen LogP) is 0.534. The summed E-state index contributed by atoms with van der Waals surface area (Å²) in [5.41, 5.74) is 0. The highest BCUT2D eigenvalue weighted by atomic mass is 79.9. The molecule has 0 aromatic carbocycles. The van der Waals surface area contributed by atoms with E-state index in [0.29, 0.717) is 10.3 Å². The lowest BCUT2D eigenvalue weighted by atomic mass is 10.1. The molecule has 1 aromatic rings. The molecule has 0 spiro atoms. The number of carbonyl (C=O) groups excluding carboxylic acids is 1. The van der Waals surface area contributed by atoms with Crippen LogP contribution in [0.15, 0.2) is 10.7 Å². The van der Waals surface area contributed by atoms with Crippen LogP contribution in [0.1, 0.15) is 6.42 Å². The van der Waals surface area contributed by atoms with Crippen molar-refractivity contribution in [2.45, 2.75) is 6.42 Å². The number of nitrogens with zero attached hydrogens (tertiary/aromatic N) is 3. The molecular weight excluding hydrogens is 360 g/mol. The van der Waals surface area contributed by atoms with Gasteiger partial charge in [0.15, 0.2) is 5.82 Å². The van der Waals surface area contributed by atoms with Gasteiger partial charge in [0, 0.05) is 25.1 Å². The molecule has 1 unspecified atom stereocenters. The minimum absolute atomic E-state index is 0.0147. The maximum Gasteiger partial charge on any atom is 0.228 e. The Morgan fingerprint density at radius 2 is 2.26 bits per heavy atom. The zero-order valence-corrected chi connectivity index (χ0v) is 12.7. The van der Waals surface area contributed by atoms with Crippen molar-refractivity contribution in [3.05, 3.63) is 16.0 Å². The van der Waals surface area contributed by atoms with Crippen molar-refractivity contribution >= 4 is 49.3 Å². The Morgan fingerprint density at radius 1 is 1.58 bits per heavy atom. The van der Waals surface area contributed by atoms with Crippen molar-refractivity contribution in [2.75, 3.05) is 17.2 Å². The number of amides is 1. The summed E-state index contributed by atoms with van der Waals surface area (Å²) in [6.07, 6.45) is 1.55. The van der Waals surface area contributed by atoms with E-state index >= 15 is 0 Å². The fourth-order valence-electron chi connectivity index (χ4n) is 1.95. The van der Waals surface area contributed by atoms with E-state index in [4.69, 9.17) is 16.7 Å². The van der Waals surface area contributed by atoms with Crippen LogP contribution >= 0.6 is 27.5 Å². The molecule has 0 bridgehead atoms. The van der Waals surface area contributed by atoms with Gasteiger partial charge in [-0.05, 0) is 27.5 Å². The van der Waals surface area contributed by atoms with Crippen molar-refractivity contribution < 1.29 is 13.2 Å². The van der Waals surface area contributed by atoms with Gasteiger partial charge in [0.05, 0.1) is 10.2 Å². The van der Waals surface area contributed by atoms with E-state index < -0.39 is 10.0 Å². The molecule has 1 fully saturated rings. The zero-order chi connectivity index (χ0) is 14.2. The molecule has 2 N–H and O–H groups in total. The third kappa shape index (κ3) is 3.62. The van der Waals surface area contributed by atoms with E-state index in [1.165, 1.54) is 11.1 Å². The van der Waals surface area contributed by atoms with Crippen LogP contribution in [0.4, 0.5) is 5.82 Å². The molecule has 10 heteroatoms. The Hall–Kier alpha value is -0.770. The minimum Gasteiger partial charge on any atom is -0.295 e. The molecule has 1 saturated heterocycles. The maximum absolute atomic E-state index is 11.9. The van der Waals surface area contributed by atoms with Crippen molar-refractivity contribution in [1.29, 1.82) is 0 Å². The van der Waals surface area contributed by atoms with E-state index in [2.05, 4.69) is 25.9 Å². The highest BCUT2D eigenvalue weighted by molar-refractivity contribution is 9.10. The Balaban J connectivity index is 2.23. The molecule has 19 heavy (non-hydrogen) atoms. The number of rotatable bonds is 3. The fraction of sp³-hybridized carbons (Fsp3) is 0.444. The van der Waals surface area contributed by atoms with Crippen molar-refractivity contribution in [2.24, 2.45) is 11.1 Å². The standard InChI is InChI=1S/C9H10BrClN4O3S/c10-6-2-13-9(11)14-8(6)15-3-5(1-7(15)16)4-19(12,17)18/h2,5H,1,3-4H2,(H2,12,17,18). The van der Waals surface area contributed by atoms with Gasteiger partial charge >= 0.3 is 0 Å². The normalized spacial score (nSPS) is 20.1. The summed E-state index contributed by atoms with van der Waals surface area (Å²) in [4.78, 5) is 21.0. The van der Waals surface area contributed by atoms with Crippen LogP contribution in [0.2, 0.25) is 5.28 Å². The summed E-state index contributed by atoms with van der Waals surface area (Å²) in [5.74, 6) is -0.458. The van der Waals surface area contributed by atoms with Gasteiger partial charge in [0.25, 0.3) is 0 Å². The van der Waals surface area contributed by atoms with Gasteiger partial charge in [0.1, 0.15) is 0 Å². The molecule has 1 atom stereocenters. The van der Waals surface area contributed by atoms with Gasteiger partial charge in [-0.2, -0.15) is 4.98 Å². The van der Waals surface area contributed by atoms with Gasteiger partial charge in [-0.3, -0.25) is 9.69 Å². The lowest BCUT2D eigenvalue weighted by Gasteiger charge is -2.16. The first-order valence-corrected chi connectivity index (χ1v) is 8.14. The number of halogens is 2. The number of hydrogen-bond donors (Lipinski definition) is 1. The van der Waals surface area contributed by atoms with E-state index in [1.807, 2.05) is 0 Å². The van der Waals surface area contributed by atoms with Crippen molar-refractivity contribution in [3.63, 3.8) is 0 Å². The number of primary sulfonamides is 1. The number of aromatic nitrogens is 2. The zero-order valence-electron chi connectivity index (χ0n) is 9.58. The molecular formula is C9H10BrClN4O3S. The lowest BCUT2D eigenvalue weighted by molar-refractivity contribution is -0.117. The molecule has 1 amide bonds. The third-order valence-electron chi connectivity index (χ3n) is 2.63. The van der Waals surface area contributed by atoms with Crippen LogP contribution in [0, 0.1) is 5.92 Å². The van der Waals surface area contributed by atoms with Gasteiger partial charge in [-0.1, -0.05) is 0 Å². The first-order valence-electron chi connectivity index (χ1n) is 5.25. The molecule has 104 valence electrons. The van der Waals surface area contributed by atoms with Crippen LogP contribution in [-0.4, -0.2) is 36.6 Å². The third-order valence-corrected chi connectivity index (χ3v) is 4.30. The average molecular weight is 370 g/mol. The van der Waals surface area contributed by atoms with Gasteiger partial charge in [0.2, 0.25) is 21.2 Å². The predicted molar refractivity (Wildman–Crippen MR) is 73.2 cm³/mol. The van der Waals surface area contributed by atoms with Gasteiger partial charge in [-0.25, -0.2) is 18.5 Å². The summed E-state index contributed by atoms with van der Waals surface area (Å²) in [6.45, 7) is 0.237. The smallest absolute Gasteiger partial charge is 0.228 e. The van der Waals surface area contributed by atoms with Crippen LogP contribution in [-0.2, 0) is 14.8 Å². The maximum atomic E-state index is 11.9. The quantitative estimate of drug-likeness (QED) is 0.782. The largest absolute Gasteiger partial charge is 0.295 e. The molecule has 1 aliphatic heterocycles. The second-order valence-corrected chi connectivity index (χ2v) is 7.07. The van der Waals surface area contributed by atoms with E-state index in [1.54, 1.807) is 0 Å². The van der Waals surface area contributed by atoms with Crippen LogP contribution in [0.25, 0.3) is 0 Å². The fourth-order valence-corrected chi connectivity index (χ4v) is 3.37. The number of nitrogens with two attached hydrogens (primary N) is 1. The molecule has 0 saturated carbocycles. The molecule has 0 radical (unpaired) electrons. The molecule has 2 rings (SSSR count). The number of hydrogen-bond acceptors (Lipinski definition) is 5. The summed E-state index contributed by atoms with van der Waals surface area (Å²) < 4.78 is 22.6. The average Bonchev–Trinajstić information content (AvgIpc) is 2.60. The van der Waals surface area contributed by atoms with Gasteiger partial charge in [-0.15, -0.1) is 0 Å². The van der Waals surface area contributed by atoms with Crippen molar-refractivity contribution in [3.8, 4) is 0 Å². The minimum atomic E-state index is -3.60.